The molecule has 0 bridgehead atoms. The third kappa shape index (κ3) is 4.88. The van der Waals surface area contributed by atoms with Gasteiger partial charge in [0.15, 0.2) is 0 Å². The smallest absolute Gasteiger partial charge is 0.335 e. The SMILES string of the molecule is CN(C)CCNC(=O)Nc1c(Cl)cc(C(=O)O)cc1Cl. The van der Waals surface area contributed by atoms with Gasteiger partial charge >= 0.3 is 12.0 Å². The van der Waals surface area contributed by atoms with Gasteiger partial charge in [-0.05, 0) is 26.2 Å². The normalized spacial score (nSPS) is 10.4. The molecule has 6 nitrogen and oxygen atoms in total. The van der Waals surface area contributed by atoms with E-state index in [2.05, 4.69) is 10.6 Å². The van der Waals surface area contributed by atoms with E-state index < -0.39 is 12.0 Å². The molecule has 3 N–H and O–H groups in total. The van der Waals surface area contributed by atoms with E-state index in [1.807, 2.05) is 19.0 Å². The first-order chi connectivity index (χ1) is 9.31. The molecule has 1 aromatic rings. The third-order valence-corrected chi connectivity index (χ3v) is 2.97. The van der Waals surface area contributed by atoms with Crippen LogP contribution in [0.1, 0.15) is 10.4 Å². The number of halogens is 2. The number of carboxylic acid groups (broad SMARTS) is 1. The molecule has 0 spiro atoms. The zero-order valence-electron chi connectivity index (χ0n) is 11.0. The highest BCUT2D eigenvalue weighted by Crippen LogP contribution is 2.31. The molecule has 110 valence electrons. The van der Waals surface area contributed by atoms with Gasteiger partial charge in [-0.25, -0.2) is 9.59 Å². The monoisotopic (exact) mass is 319 g/mol. The van der Waals surface area contributed by atoms with Gasteiger partial charge in [0.1, 0.15) is 0 Å². The molecule has 8 heteroatoms. The first-order valence-electron chi connectivity index (χ1n) is 5.73. The van der Waals surface area contributed by atoms with E-state index in [4.69, 9.17) is 28.3 Å². The molecule has 0 fully saturated rings. The summed E-state index contributed by atoms with van der Waals surface area (Å²) in [6, 6.07) is 2.00. The third-order valence-electron chi connectivity index (χ3n) is 2.37. The Labute approximate surface area is 126 Å². The van der Waals surface area contributed by atoms with Crippen molar-refractivity contribution in [1.29, 1.82) is 0 Å². The molecule has 0 aliphatic carbocycles. The lowest BCUT2D eigenvalue weighted by Gasteiger charge is -2.13. The van der Waals surface area contributed by atoms with Gasteiger partial charge in [0, 0.05) is 13.1 Å². The Bertz CT molecular complexity index is 498. The van der Waals surface area contributed by atoms with Gasteiger partial charge in [0.25, 0.3) is 0 Å². The van der Waals surface area contributed by atoms with Crippen molar-refractivity contribution in [1.82, 2.24) is 10.2 Å². The molecule has 0 unspecified atom stereocenters. The Morgan fingerprint density at radius 3 is 2.25 bits per heavy atom. The van der Waals surface area contributed by atoms with Crippen molar-refractivity contribution in [3.8, 4) is 0 Å². The van der Waals surface area contributed by atoms with Gasteiger partial charge in [-0.3, -0.25) is 0 Å². The van der Waals surface area contributed by atoms with Crippen molar-refractivity contribution in [3.63, 3.8) is 0 Å². The van der Waals surface area contributed by atoms with Crippen LogP contribution in [0.2, 0.25) is 10.0 Å². The van der Waals surface area contributed by atoms with Crippen LogP contribution in [0.4, 0.5) is 10.5 Å². The number of amides is 2. The average Bonchev–Trinajstić information content (AvgIpc) is 2.32. The lowest BCUT2D eigenvalue weighted by atomic mass is 10.2. The maximum Gasteiger partial charge on any atom is 0.335 e. The van der Waals surface area contributed by atoms with Gasteiger partial charge in [-0.1, -0.05) is 23.2 Å². The van der Waals surface area contributed by atoms with E-state index >= 15 is 0 Å². The van der Waals surface area contributed by atoms with Crippen LogP contribution in [0, 0.1) is 0 Å². The summed E-state index contributed by atoms with van der Waals surface area (Å²) in [6.07, 6.45) is 0. The first-order valence-corrected chi connectivity index (χ1v) is 6.48. The highest BCUT2D eigenvalue weighted by molar-refractivity contribution is 6.40. The summed E-state index contributed by atoms with van der Waals surface area (Å²) in [4.78, 5) is 24.4. The zero-order chi connectivity index (χ0) is 15.3. The maximum absolute atomic E-state index is 11.6. The molecule has 0 aliphatic rings. The predicted molar refractivity (Wildman–Crippen MR) is 79.0 cm³/mol. The molecule has 20 heavy (non-hydrogen) atoms. The van der Waals surface area contributed by atoms with Gasteiger partial charge in [-0.2, -0.15) is 0 Å². The number of rotatable bonds is 5. The van der Waals surface area contributed by atoms with Crippen molar-refractivity contribution < 1.29 is 14.7 Å². The molecular formula is C12H15Cl2N3O3. The highest BCUT2D eigenvalue weighted by Gasteiger charge is 2.14. The standard InChI is InChI=1S/C12H15Cl2N3O3/c1-17(2)4-3-15-12(20)16-10-8(13)5-7(11(18)19)6-9(10)14/h5-6H,3-4H2,1-2H3,(H,18,19)(H2,15,16,20). The molecule has 0 radical (unpaired) electrons. The van der Waals surface area contributed by atoms with Crippen LogP contribution in [0.15, 0.2) is 12.1 Å². The van der Waals surface area contributed by atoms with Crippen molar-refractivity contribution >= 4 is 40.9 Å². The van der Waals surface area contributed by atoms with Crippen molar-refractivity contribution in [2.45, 2.75) is 0 Å². The van der Waals surface area contributed by atoms with E-state index in [1.54, 1.807) is 0 Å². The molecule has 2 amide bonds. The number of hydrogen-bond donors (Lipinski definition) is 3. The number of nitrogens with one attached hydrogen (secondary N) is 2. The number of benzene rings is 1. The Hall–Kier alpha value is -1.50. The fourth-order valence-corrected chi connectivity index (χ4v) is 1.95. The minimum atomic E-state index is -1.14. The molecule has 0 atom stereocenters. The number of aromatic carboxylic acids is 1. The summed E-state index contributed by atoms with van der Waals surface area (Å²) in [5, 5.41) is 14.1. The summed E-state index contributed by atoms with van der Waals surface area (Å²) in [5.74, 6) is -1.14. The number of urea groups is 1. The van der Waals surface area contributed by atoms with Crippen molar-refractivity contribution in [3.05, 3.63) is 27.7 Å². The second kappa shape index (κ2) is 7.33. The second-order valence-electron chi connectivity index (χ2n) is 4.30. The van der Waals surface area contributed by atoms with E-state index in [0.29, 0.717) is 13.1 Å². The molecular weight excluding hydrogens is 305 g/mol. The first kappa shape index (κ1) is 16.6. The van der Waals surface area contributed by atoms with Gasteiger partial charge < -0.3 is 20.6 Å². The molecule has 0 aliphatic heterocycles. The fourth-order valence-electron chi connectivity index (χ4n) is 1.37. The lowest BCUT2D eigenvalue weighted by molar-refractivity contribution is 0.0697. The topological polar surface area (TPSA) is 81.7 Å². The zero-order valence-corrected chi connectivity index (χ0v) is 12.5. The Kier molecular flexibility index (Phi) is 6.06. The molecule has 0 saturated heterocycles. The number of hydrogen-bond acceptors (Lipinski definition) is 3. The number of anilines is 1. The predicted octanol–water partition coefficient (Wildman–Crippen LogP) is 2.37. The molecule has 1 aromatic carbocycles. The molecule has 0 heterocycles. The summed E-state index contributed by atoms with van der Waals surface area (Å²) < 4.78 is 0. The number of carboxylic acids is 1. The lowest BCUT2D eigenvalue weighted by Crippen LogP contribution is -2.34. The van der Waals surface area contributed by atoms with E-state index in [-0.39, 0.29) is 21.3 Å². The van der Waals surface area contributed by atoms with Crippen LogP contribution in [-0.4, -0.2) is 49.2 Å². The van der Waals surface area contributed by atoms with Gasteiger partial charge in [0.05, 0.1) is 21.3 Å². The minimum absolute atomic E-state index is 0.0430. The molecule has 0 aromatic heterocycles. The minimum Gasteiger partial charge on any atom is -0.478 e. The fraction of sp³-hybridized carbons (Fsp3) is 0.333. The molecule has 0 saturated carbocycles. The summed E-state index contributed by atoms with van der Waals surface area (Å²) in [6.45, 7) is 1.15. The summed E-state index contributed by atoms with van der Waals surface area (Å²) in [7, 11) is 3.77. The highest BCUT2D eigenvalue weighted by atomic mass is 35.5. The number of likely N-dealkylation sites (N-methyl/N-ethyl adjacent to an activating group) is 1. The van der Waals surface area contributed by atoms with Crippen molar-refractivity contribution in [2.24, 2.45) is 0 Å². The van der Waals surface area contributed by atoms with Gasteiger partial charge in [-0.15, -0.1) is 0 Å². The Morgan fingerprint density at radius 2 is 1.80 bits per heavy atom. The Balaban J connectivity index is 2.73. The summed E-state index contributed by atoms with van der Waals surface area (Å²) >= 11 is 11.8. The number of carbonyl (C=O) groups is 2. The van der Waals surface area contributed by atoms with Crippen LogP contribution < -0.4 is 10.6 Å². The van der Waals surface area contributed by atoms with Crippen LogP contribution in [0.3, 0.4) is 0 Å². The van der Waals surface area contributed by atoms with Gasteiger partial charge in [0.2, 0.25) is 0 Å². The number of carbonyl (C=O) groups excluding carboxylic acids is 1. The Morgan fingerprint density at radius 1 is 1.25 bits per heavy atom. The maximum atomic E-state index is 11.6. The largest absolute Gasteiger partial charge is 0.478 e. The number of nitrogens with zero attached hydrogens (tertiary/aromatic N) is 1. The van der Waals surface area contributed by atoms with E-state index in [9.17, 15) is 9.59 Å². The summed E-state index contributed by atoms with van der Waals surface area (Å²) in [5.41, 5.74) is 0.138. The average molecular weight is 320 g/mol. The second-order valence-corrected chi connectivity index (χ2v) is 5.12. The van der Waals surface area contributed by atoms with E-state index in [1.165, 1.54) is 12.1 Å². The quantitative estimate of drug-likeness (QED) is 0.778. The van der Waals surface area contributed by atoms with Crippen LogP contribution in [0.5, 0.6) is 0 Å². The van der Waals surface area contributed by atoms with Crippen LogP contribution in [0.25, 0.3) is 0 Å². The van der Waals surface area contributed by atoms with Crippen molar-refractivity contribution in [2.75, 3.05) is 32.5 Å². The van der Waals surface area contributed by atoms with Crippen LogP contribution in [-0.2, 0) is 0 Å². The molecule has 1 rings (SSSR count). The van der Waals surface area contributed by atoms with E-state index in [0.717, 1.165) is 0 Å². The van der Waals surface area contributed by atoms with Crippen LogP contribution >= 0.6 is 23.2 Å².